The van der Waals surface area contributed by atoms with Crippen LogP contribution < -0.4 is 4.90 Å². The molecule has 3 aromatic carbocycles. The number of amides is 1. The van der Waals surface area contributed by atoms with Gasteiger partial charge in [-0.2, -0.15) is 4.31 Å². The third-order valence-electron chi connectivity index (χ3n) is 6.59. The second-order valence-corrected chi connectivity index (χ2v) is 11.6. The number of hydrogen-bond donors (Lipinski definition) is 0. The molecule has 7 heteroatoms. The number of hydrogen-bond acceptors (Lipinski definition) is 3. The van der Waals surface area contributed by atoms with Crippen LogP contribution in [0.1, 0.15) is 25.3 Å². The van der Waals surface area contributed by atoms with Crippen LogP contribution >= 0.6 is 15.9 Å². The number of fused-ring (bicyclic) bond motifs is 2. The molecule has 0 aromatic heterocycles. The Bertz CT molecular complexity index is 1310. The molecule has 5 nitrogen and oxygen atoms in total. The lowest BCUT2D eigenvalue weighted by Crippen LogP contribution is -2.48. The number of carbonyl (C=O) groups excluding carboxylic acids is 1. The van der Waals surface area contributed by atoms with Gasteiger partial charge in [0, 0.05) is 29.3 Å². The summed E-state index contributed by atoms with van der Waals surface area (Å²) in [7, 11) is -3.67. The Morgan fingerprint density at radius 1 is 1.03 bits per heavy atom. The lowest BCUT2D eigenvalue weighted by molar-refractivity contribution is -0.123. The molecule has 166 valence electrons. The Hall–Kier alpha value is -2.22. The number of rotatable bonds is 3. The van der Waals surface area contributed by atoms with Crippen molar-refractivity contribution in [1.29, 1.82) is 0 Å². The average Bonchev–Trinajstić information content (AvgIpc) is 3.12. The molecular weight excluding hydrogens is 488 g/mol. The van der Waals surface area contributed by atoms with E-state index in [1.165, 1.54) is 4.31 Å². The van der Waals surface area contributed by atoms with Crippen LogP contribution in [-0.2, 0) is 21.2 Å². The van der Waals surface area contributed by atoms with Gasteiger partial charge < -0.3 is 4.90 Å². The van der Waals surface area contributed by atoms with Crippen LogP contribution in [0, 0.1) is 5.92 Å². The quantitative estimate of drug-likeness (QED) is 0.497. The van der Waals surface area contributed by atoms with Gasteiger partial charge in [0.15, 0.2) is 0 Å². The molecule has 0 bridgehead atoms. The lowest BCUT2D eigenvalue weighted by Gasteiger charge is -2.34. The number of benzene rings is 3. The van der Waals surface area contributed by atoms with Crippen molar-refractivity contribution in [3.63, 3.8) is 0 Å². The zero-order chi connectivity index (χ0) is 22.5. The van der Waals surface area contributed by atoms with Gasteiger partial charge in [-0.3, -0.25) is 4.79 Å². The van der Waals surface area contributed by atoms with Crippen LogP contribution in [0.4, 0.5) is 5.69 Å². The van der Waals surface area contributed by atoms with Crippen LogP contribution in [0.15, 0.2) is 70.0 Å². The Labute approximate surface area is 197 Å². The van der Waals surface area contributed by atoms with E-state index in [0.717, 1.165) is 32.9 Å². The second-order valence-electron chi connectivity index (χ2n) is 8.75. The van der Waals surface area contributed by atoms with Crippen LogP contribution in [-0.4, -0.2) is 37.8 Å². The first-order valence-corrected chi connectivity index (χ1v) is 13.2. The molecule has 2 heterocycles. The van der Waals surface area contributed by atoms with Crippen molar-refractivity contribution in [2.24, 2.45) is 5.92 Å². The summed E-state index contributed by atoms with van der Waals surface area (Å²) in [5.41, 5.74) is 2.09. The third kappa shape index (κ3) is 3.76. The van der Waals surface area contributed by atoms with E-state index in [1.807, 2.05) is 47.4 Å². The highest BCUT2D eigenvalue weighted by Crippen LogP contribution is 2.36. The fraction of sp³-hybridized carbons (Fsp3) is 0.320. The summed E-state index contributed by atoms with van der Waals surface area (Å²) in [6.07, 6.45) is 2.20. The standard InChI is InChI=1S/C25H25BrN2O3S/c1-17-13-21-14-22(26)9-11-24(21)28(17)25(29)20-7-4-12-27(16-20)32(30,31)23-10-8-18-5-2-3-6-19(18)15-23/h2-3,5-6,8-11,14-15,17,20H,4,7,12-13,16H2,1H3/t17-,20-/m0/s1. The smallest absolute Gasteiger partial charge is 0.243 e. The second kappa shape index (κ2) is 8.28. The van der Waals surface area contributed by atoms with E-state index in [1.54, 1.807) is 12.1 Å². The maximum atomic E-state index is 13.5. The van der Waals surface area contributed by atoms with Crippen molar-refractivity contribution >= 4 is 48.3 Å². The molecule has 1 amide bonds. The molecule has 0 unspecified atom stereocenters. The summed E-state index contributed by atoms with van der Waals surface area (Å²) < 4.78 is 29.3. The molecule has 3 aromatic rings. The predicted octanol–water partition coefficient (Wildman–Crippen LogP) is 4.98. The topological polar surface area (TPSA) is 57.7 Å². The SMILES string of the molecule is C[C@H]1Cc2cc(Br)ccc2N1C(=O)[C@H]1CCCN(S(=O)(=O)c2ccc3ccccc3c2)C1. The fourth-order valence-electron chi connectivity index (χ4n) is 4.97. The Morgan fingerprint density at radius 2 is 1.81 bits per heavy atom. The summed E-state index contributed by atoms with van der Waals surface area (Å²) in [5, 5.41) is 1.90. The Balaban J connectivity index is 1.40. The fourth-order valence-corrected chi connectivity index (χ4v) is 6.94. The van der Waals surface area contributed by atoms with Crippen molar-refractivity contribution in [3.8, 4) is 0 Å². The van der Waals surface area contributed by atoms with Gasteiger partial charge in [-0.1, -0.05) is 46.3 Å². The number of piperidine rings is 1. The Morgan fingerprint density at radius 3 is 2.62 bits per heavy atom. The van der Waals surface area contributed by atoms with Gasteiger partial charge in [0.1, 0.15) is 0 Å². The van der Waals surface area contributed by atoms with E-state index < -0.39 is 10.0 Å². The van der Waals surface area contributed by atoms with Gasteiger partial charge in [0.25, 0.3) is 0 Å². The van der Waals surface area contributed by atoms with Crippen LogP contribution in [0.25, 0.3) is 10.8 Å². The molecule has 0 radical (unpaired) electrons. The van der Waals surface area contributed by atoms with Gasteiger partial charge in [0.2, 0.25) is 15.9 Å². The molecule has 2 aliphatic heterocycles. The van der Waals surface area contributed by atoms with Gasteiger partial charge >= 0.3 is 0 Å². The zero-order valence-electron chi connectivity index (χ0n) is 17.9. The molecule has 2 atom stereocenters. The van der Waals surface area contributed by atoms with Gasteiger partial charge in [-0.25, -0.2) is 8.42 Å². The molecular formula is C25H25BrN2O3S. The summed E-state index contributed by atoms with van der Waals surface area (Å²) in [6.45, 7) is 2.72. The van der Waals surface area contributed by atoms with Gasteiger partial charge in [-0.05, 0) is 72.9 Å². The number of halogens is 1. The minimum absolute atomic E-state index is 0.0250. The molecule has 2 aliphatic rings. The number of anilines is 1. The summed E-state index contributed by atoms with van der Waals surface area (Å²) >= 11 is 3.51. The van der Waals surface area contributed by atoms with Crippen LogP contribution in [0.2, 0.25) is 0 Å². The minimum atomic E-state index is -3.67. The number of nitrogens with zero attached hydrogens (tertiary/aromatic N) is 2. The molecule has 0 N–H and O–H groups in total. The largest absolute Gasteiger partial charge is 0.309 e. The lowest BCUT2D eigenvalue weighted by atomic mass is 9.97. The van der Waals surface area contributed by atoms with Crippen LogP contribution in [0.3, 0.4) is 0 Å². The summed E-state index contributed by atoms with van der Waals surface area (Å²) in [5.74, 6) is -0.312. The third-order valence-corrected chi connectivity index (χ3v) is 8.94. The van der Waals surface area contributed by atoms with E-state index in [0.29, 0.717) is 19.4 Å². The van der Waals surface area contributed by atoms with Crippen molar-refractivity contribution in [2.75, 3.05) is 18.0 Å². The van der Waals surface area contributed by atoms with E-state index in [2.05, 4.69) is 28.9 Å². The molecule has 32 heavy (non-hydrogen) atoms. The maximum Gasteiger partial charge on any atom is 0.243 e. The van der Waals surface area contributed by atoms with E-state index in [4.69, 9.17) is 0 Å². The average molecular weight is 513 g/mol. The maximum absolute atomic E-state index is 13.5. The first kappa shape index (κ1) is 21.6. The highest BCUT2D eigenvalue weighted by molar-refractivity contribution is 9.10. The van der Waals surface area contributed by atoms with Crippen molar-refractivity contribution in [1.82, 2.24) is 4.31 Å². The minimum Gasteiger partial charge on any atom is -0.309 e. The van der Waals surface area contributed by atoms with Gasteiger partial charge in [-0.15, -0.1) is 0 Å². The zero-order valence-corrected chi connectivity index (χ0v) is 20.3. The molecule has 0 aliphatic carbocycles. The summed E-state index contributed by atoms with van der Waals surface area (Å²) in [6, 6.07) is 19.0. The van der Waals surface area contributed by atoms with Crippen molar-refractivity contribution < 1.29 is 13.2 Å². The predicted molar refractivity (Wildman–Crippen MR) is 130 cm³/mol. The van der Waals surface area contributed by atoms with Crippen LogP contribution in [0.5, 0.6) is 0 Å². The van der Waals surface area contributed by atoms with Crippen molar-refractivity contribution in [2.45, 2.75) is 37.1 Å². The van der Waals surface area contributed by atoms with E-state index in [9.17, 15) is 13.2 Å². The van der Waals surface area contributed by atoms with Crippen molar-refractivity contribution in [3.05, 3.63) is 70.7 Å². The first-order chi connectivity index (χ1) is 15.3. The monoisotopic (exact) mass is 512 g/mol. The first-order valence-electron chi connectivity index (χ1n) is 10.9. The highest BCUT2D eigenvalue weighted by atomic mass is 79.9. The Kier molecular flexibility index (Phi) is 5.60. The number of sulfonamides is 1. The highest BCUT2D eigenvalue weighted by Gasteiger charge is 2.39. The molecule has 0 spiro atoms. The molecule has 5 rings (SSSR count). The molecule has 0 saturated carbocycles. The van der Waals surface area contributed by atoms with E-state index in [-0.39, 0.29) is 29.3 Å². The molecule has 1 saturated heterocycles. The number of carbonyl (C=O) groups is 1. The normalized spacial score (nSPS) is 21.6. The van der Waals surface area contributed by atoms with Gasteiger partial charge in [0.05, 0.1) is 10.8 Å². The van der Waals surface area contributed by atoms with E-state index >= 15 is 0 Å². The molecule has 1 fully saturated rings. The summed E-state index contributed by atoms with van der Waals surface area (Å²) in [4.78, 5) is 15.7.